The molecule has 182 valence electrons. The van der Waals surface area contributed by atoms with Crippen molar-refractivity contribution in [1.29, 1.82) is 0 Å². The minimum atomic E-state index is -4.74. The first kappa shape index (κ1) is 23.9. The van der Waals surface area contributed by atoms with Crippen molar-refractivity contribution in [3.8, 4) is 5.75 Å². The lowest BCUT2D eigenvalue weighted by Gasteiger charge is -2.40. The summed E-state index contributed by atoms with van der Waals surface area (Å²) in [5.41, 5.74) is 2.84. The highest BCUT2D eigenvalue weighted by Gasteiger charge is 2.35. The predicted molar refractivity (Wildman–Crippen MR) is 125 cm³/mol. The Balaban J connectivity index is 1.73. The molecule has 1 aliphatic carbocycles. The topological polar surface area (TPSA) is 68.2 Å². The van der Waals surface area contributed by atoms with E-state index in [2.05, 4.69) is 40.7 Å². The van der Waals surface area contributed by atoms with Gasteiger partial charge in [-0.15, -0.1) is 13.2 Å². The number of rotatable bonds is 5. The van der Waals surface area contributed by atoms with Gasteiger partial charge in [0.2, 0.25) is 5.95 Å². The molecule has 0 saturated heterocycles. The molecular formula is C25H29F3N4O2. The summed E-state index contributed by atoms with van der Waals surface area (Å²) < 4.78 is 43.6. The Hall–Kier alpha value is -3.23. The summed E-state index contributed by atoms with van der Waals surface area (Å²) in [4.78, 5) is 16.9. The van der Waals surface area contributed by atoms with Crippen molar-refractivity contribution in [2.45, 2.75) is 52.4 Å². The molecule has 1 saturated carbocycles. The van der Waals surface area contributed by atoms with E-state index in [1.54, 1.807) is 19.2 Å². The summed E-state index contributed by atoms with van der Waals surface area (Å²) in [6.07, 6.45) is -1.65. The fourth-order valence-corrected chi connectivity index (χ4v) is 5.20. The third kappa shape index (κ3) is 5.29. The van der Waals surface area contributed by atoms with Crippen molar-refractivity contribution in [3.05, 3.63) is 48.0 Å². The number of aromatic nitrogens is 2. The van der Waals surface area contributed by atoms with Crippen LogP contribution in [0.2, 0.25) is 0 Å². The molecule has 2 aromatic carbocycles. The second kappa shape index (κ2) is 8.85. The number of amides is 1. The minimum Gasteiger partial charge on any atom is -0.406 e. The number of ether oxygens (including phenoxy) is 1. The lowest BCUT2D eigenvalue weighted by atomic mass is 9.70. The molecule has 1 fully saturated rings. The highest BCUT2D eigenvalue weighted by atomic mass is 19.4. The van der Waals surface area contributed by atoms with Gasteiger partial charge in [0.05, 0.1) is 11.0 Å². The molecule has 1 heterocycles. The lowest BCUT2D eigenvalue weighted by molar-refractivity contribution is -0.274. The van der Waals surface area contributed by atoms with E-state index >= 15 is 0 Å². The van der Waals surface area contributed by atoms with Crippen LogP contribution >= 0.6 is 0 Å². The van der Waals surface area contributed by atoms with E-state index in [1.165, 1.54) is 24.3 Å². The van der Waals surface area contributed by atoms with Crippen molar-refractivity contribution in [2.24, 2.45) is 11.3 Å². The molecule has 0 bridgehead atoms. The number of anilines is 2. The zero-order valence-electron chi connectivity index (χ0n) is 19.7. The van der Waals surface area contributed by atoms with Gasteiger partial charge in [0.15, 0.2) is 0 Å². The van der Waals surface area contributed by atoms with Crippen LogP contribution in [0.4, 0.5) is 24.8 Å². The number of alkyl halides is 3. The molecule has 0 spiro atoms. The van der Waals surface area contributed by atoms with E-state index in [4.69, 9.17) is 4.98 Å². The SMILES string of the molecule is CNC(=O)c1ccc2c(c1)nc(Nc1ccc(OC(F)(F)F)cc1)n2C1CC(C)CC(C)(C)C1. The Morgan fingerprint density at radius 3 is 2.47 bits per heavy atom. The summed E-state index contributed by atoms with van der Waals surface area (Å²) in [5, 5.41) is 5.90. The van der Waals surface area contributed by atoms with Crippen molar-refractivity contribution in [1.82, 2.24) is 14.9 Å². The Bertz CT molecular complexity index is 1190. The van der Waals surface area contributed by atoms with Gasteiger partial charge in [-0.1, -0.05) is 20.8 Å². The molecule has 1 amide bonds. The lowest BCUT2D eigenvalue weighted by Crippen LogP contribution is -2.29. The fraction of sp³-hybridized carbons (Fsp3) is 0.440. The number of hydrogen-bond donors (Lipinski definition) is 2. The second-order valence-electron chi connectivity index (χ2n) is 9.85. The van der Waals surface area contributed by atoms with Crippen LogP contribution in [0.1, 0.15) is 56.4 Å². The molecule has 1 aromatic heterocycles. The van der Waals surface area contributed by atoms with Crippen molar-refractivity contribution in [2.75, 3.05) is 12.4 Å². The van der Waals surface area contributed by atoms with E-state index in [-0.39, 0.29) is 23.1 Å². The largest absolute Gasteiger partial charge is 0.573 e. The number of halogens is 3. The number of nitrogens with zero attached hydrogens (tertiary/aromatic N) is 2. The van der Waals surface area contributed by atoms with E-state index in [0.29, 0.717) is 28.6 Å². The maximum Gasteiger partial charge on any atom is 0.573 e. The zero-order chi connectivity index (χ0) is 24.7. The van der Waals surface area contributed by atoms with Gasteiger partial charge in [0.25, 0.3) is 5.91 Å². The monoisotopic (exact) mass is 474 g/mol. The molecular weight excluding hydrogens is 445 g/mol. The van der Waals surface area contributed by atoms with Crippen LogP contribution in [0, 0.1) is 11.3 Å². The highest BCUT2D eigenvalue weighted by molar-refractivity contribution is 5.97. The van der Waals surface area contributed by atoms with E-state index < -0.39 is 6.36 Å². The smallest absolute Gasteiger partial charge is 0.406 e. The maximum absolute atomic E-state index is 12.5. The van der Waals surface area contributed by atoms with Gasteiger partial charge in [-0.25, -0.2) is 4.98 Å². The molecule has 3 aromatic rings. The van der Waals surface area contributed by atoms with Crippen LogP contribution < -0.4 is 15.4 Å². The van der Waals surface area contributed by atoms with Gasteiger partial charge in [-0.3, -0.25) is 4.79 Å². The first-order valence-electron chi connectivity index (χ1n) is 11.3. The number of carbonyl (C=O) groups is 1. The Kier molecular flexibility index (Phi) is 6.22. The summed E-state index contributed by atoms with van der Waals surface area (Å²) >= 11 is 0. The normalized spacial score (nSPS) is 20.2. The Morgan fingerprint density at radius 1 is 1.15 bits per heavy atom. The van der Waals surface area contributed by atoms with Crippen LogP contribution in [-0.2, 0) is 0 Å². The fourth-order valence-electron chi connectivity index (χ4n) is 5.20. The van der Waals surface area contributed by atoms with Gasteiger partial charge in [-0.05, 0) is 73.1 Å². The molecule has 34 heavy (non-hydrogen) atoms. The number of fused-ring (bicyclic) bond motifs is 1. The maximum atomic E-state index is 12.5. The molecule has 9 heteroatoms. The van der Waals surface area contributed by atoms with Crippen LogP contribution in [0.3, 0.4) is 0 Å². The number of hydrogen-bond acceptors (Lipinski definition) is 4. The molecule has 0 aliphatic heterocycles. The van der Waals surface area contributed by atoms with E-state index in [0.717, 1.165) is 24.8 Å². The van der Waals surface area contributed by atoms with Gasteiger partial charge in [0, 0.05) is 24.3 Å². The average molecular weight is 475 g/mol. The average Bonchev–Trinajstić information content (AvgIpc) is 3.09. The highest BCUT2D eigenvalue weighted by Crippen LogP contribution is 2.46. The molecule has 1 aliphatic rings. The van der Waals surface area contributed by atoms with Gasteiger partial charge >= 0.3 is 6.36 Å². The predicted octanol–water partition coefficient (Wildman–Crippen LogP) is 6.43. The number of nitrogens with one attached hydrogen (secondary N) is 2. The quantitative estimate of drug-likeness (QED) is 0.447. The van der Waals surface area contributed by atoms with E-state index in [9.17, 15) is 18.0 Å². The van der Waals surface area contributed by atoms with Crippen molar-refractivity contribution in [3.63, 3.8) is 0 Å². The summed E-state index contributed by atoms with van der Waals surface area (Å²) in [6.45, 7) is 6.79. The molecule has 0 radical (unpaired) electrons. The summed E-state index contributed by atoms with van der Waals surface area (Å²) in [7, 11) is 1.58. The van der Waals surface area contributed by atoms with Gasteiger partial charge in [-0.2, -0.15) is 0 Å². The number of imidazole rings is 1. The Morgan fingerprint density at radius 2 is 1.85 bits per heavy atom. The summed E-state index contributed by atoms with van der Waals surface area (Å²) in [5.74, 6) is 0.634. The summed E-state index contributed by atoms with van der Waals surface area (Å²) in [6, 6.07) is 11.2. The van der Waals surface area contributed by atoms with Crippen molar-refractivity contribution >= 4 is 28.6 Å². The molecule has 6 nitrogen and oxygen atoms in total. The molecule has 2 atom stereocenters. The standard InChI is InChI=1S/C25H29F3N4O2/c1-15-11-18(14-24(2,3)13-15)32-21-10-5-16(22(33)29-4)12-20(21)31-23(32)30-17-6-8-19(9-7-17)34-25(26,27)28/h5-10,12,15,18H,11,13-14H2,1-4H3,(H,29,33)(H,30,31). The number of carbonyl (C=O) groups excluding carboxylic acids is 1. The van der Waals surface area contributed by atoms with Crippen LogP contribution in [0.5, 0.6) is 5.75 Å². The first-order chi connectivity index (χ1) is 15.9. The molecule has 2 unspecified atom stereocenters. The van der Waals surface area contributed by atoms with Crippen LogP contribution in [0.15, 0.2) is 42.5 Å². The molecule has 4 rings (SSSR count). The third-order valence-corrected chi connectivity index (χ3v) is 6.25. The van der Waals surface area contributed by atoms with E-state index in [1.807, 2.05) is 6.07 Å². The minimum absolute atomic E-state index is 0.162. The first-order valence-corrected chi connectivity index (χ1v) is 11.3. The zero-order valence-corrected chi connectivity index (χ0v) is 19.7. The van der Waals surface area contributed by atoms with Crippen molar-refractivity contribution < 1.29 is 22.7 Å². The third-order valence-electron chi connectivity index (χ3n) is 6.25. The van der Waals surface area contributed by atoms with Crippen LogP contribution in [-0.4, -0.2) is 28.9 Å². The van der Waals surface area contributed by atoms with Gasteiger partial charge < -0.3 is 19.9 Å². The second-order valence-corrected chi connectivity index (χ2v) is 9.85. The van der Waals surface area contributed by atoms with Crippen LogP contribution in [0.25, 0.3) is 11.0 Å². The van der Waals surface area contributed by atoms with Gasteiger partial charge in [0.1, 0.15) is 5.75 Å². The molecule has 2 N–H and O–H groups in total. The Labute approximate surface area is 196 Å². The number of benzene rings is 2.